The summed E-state index contributed by atoms with van der Waals surface area (Å²) in [5.41, 5.74) is 4.25. The van der Waals surface area contributed by atoms with Gasteiger partial charge in [0, 0.05) is 5.69 Å². The second-order valence-electron chi connectivity index (χ2n) is 7.49. The molecule has 3 aromatic rings. The van der Waals surface area contributed by atoms with E-state index in [1.165, 1.54) is 22.0 Å². The summed E-state index contributed by atoms with van der Waals surface area (Å²) in [4.78, 5) is 12.2. The number of nitrogens with one attached hydrogen (secondary N) is 1. The molecule has 0 aliphatic carbocycles. The Morgan fingerprint density at radius 2 is 1.80 bits per heavy atom. The predicted octanol–water partition coefficient (Wildman–Crippen LogP) is 4.04. The third-order valence-corrected chi connectivity index (χ3v) is 5.43. The Balaban J connectivity index is 1.52. The molecule has 0 saturated carbocycles. The second kappa shape index (κ2) is 9.67. The van der Waals surface area contributed by atoms with Crippen molar-refractivity contribution in [1.82, 2.24) is 14.9 Å². The smallest absolute Gasteiger partial charge is 0.234 e. The van der Waals surface area contributed by atoms with Gasteiger partial charge in [0.1, 0.15) is 12.4 Å². The first-order chi connectivity index (χ1) is 14.3. The molecule has 0 spiro atoms. The highest BCUT2D eigenvalue weighted by atomic mass is 32.2. The molecule has 2 aromatic carbocycles. The molecule has 3 rings (SSSR count). The van der Waals surface area contributed by atoms with Crippen LogP contribution < -0.4 is 15.9 Å². The van der Waals surface area contributed by atoms with Crippen LogP contribution in [-0.2, 0) is 11.4 Å². The van der Waals surface area contributed by atoms with Gasteiger partial charge in [-0.2, -0.15) is 0 Å². The third-order valence-electron chi connectivity index (χ3n) is 4.49. The van der Waals surface area contributed by atoms with E-state index in [4.69, 9.17) is 10.6 Å². The lowest BCUT2D eigenvalue weighted by Gasteiger charge is -2.09. The molecule has 7 nitrogen and oxygen atoms in total. The highest BCUT2D eigenvalue weighted by molar-refractivity contribution is 7.99. The maximum atomic E-state index is 12.2. The predicted molar refractivity (Wildman–Crippen MR) is 120 cm³/mol. The Morgan fingerprint density at radius 1 is 1.13 bits per heavy atom. The molecule has 0 saturated heterocycles. The van der Waals surface area contributed by atoms with E-state index >= 15 is 0 Å². The van der Waals surface area contributed by atoms with Crippen LogP contribution in [0.25, 0.3) is 0 Å². The van der Waals surface area contributed by atoms with Crippen molar-refractivity contribution in [2.24, 2.45) is 0 Å². The molecule has 0 radical (unpaired) electrons. The van der Waals surface area contributed by atoms with Crippen LogP contribution in [0.15, 0.2) is 47.6 Å². The number of hydrogen-bond acceptors (Lipinski definition) is 6. The fraction of sp³-hybridized carbons (Fsp3) is 0.318. The van der Waals surface area contributed by atoms with Crippen molar-refractivity contribution < 1.29 is 9.53 Å². The number of benzene rings is 2. The van der Waals surface area contributed by atoms with E-state index < -0.39 is 0 Å². The van der Waals surface area contributed by atoms with E-state index in [-0.39, 0.29) is 18.3 Å². The van der Waals surface area contributed by atoms with Crippen molar-refractivity contribution >= 4 is 23.4 Å². The largest absolute Gasteiger partial charge is 0.486 e. The van der Waals surface area contributed by atoms with Gasteiger partial charge in [-0.15, -0.1) is 10.2 Å². The zero-order valence-corrected chi connectivity index (χ0v) is 18.5. The van der Waals surface area contributed by atoms with Crippen molar-refractivity contribution in [2.45, 2.75) is 45.4 Å². The van der Waals surface area contributed by atoms with Crippen molar-refractivity contribution in [3.8, 4) is 5.75 Å². The summed E-state index contributed by atoms with van der Waals surface area (Å²) in [6, 6.07) is 13.8. The summed E-state index contributed by atoms with van der Waals surface area (Å²) in [6.07, 6.45) is 0. The molecular formula is C22H27N5O2S. The molecule has 1 heterocycles. The first-order valence-electron chi connectivity index (χ1n) is 9.75. The summed E-state index contributed by atoms with van der Waals surface area (Å²) in [5.74, 6) is 7.82. The number of carbonyl (C=O) groups excluding carboxylic acids is 1. The van der Waals surface area contributed by atoms with Gasteiger partial charge in [0.2, 0.25) is 11.1 Å². The third kappa shape index (κ3) is 5.76. The summed E-state index contributed by atoms with van der Waals surface area (Å²) in [5, 5.41) is 11.5. The normalized spacial score (nSPS) is 11.0. The molecule has 30 heavy (non-hydrogen) atoms. The number of nitrogens with zero attached hydrogens (tertiary/aromatic N) is 3. The molecule has 0 aliphatic heterocycles. The van der Waals surface area contributed by atoms with Crippen molar-refractivity contribution in [3.05, 3.63) is 65.0 Å². The van der Waals surface area contributed by atoms with Gasteiger partial charge in [-0.3, -0.25) is 4.79 Å². The summed E-state index contributed by atoms with van der Waals surface area (Å²) in [7, 11) is 0. The molecule has 0 unspecified atom stereocenters. The number of nitrogen functional groups attached to an aromatic ring is 1. The highest BCUT2D eigenvalue weighted by Crippen LogP contribution is 2.20. The first kappa shape index (κ1) is 21.7. The molecule has 1 aromatic heterocycles. The van der Waals surface area contributed by atoms with Crippen molar-refractivity contribution in [1.29, 1.82) is 0 Å². The molecule has 0 bridgehead atoms. The highest BCUT2D eigenvalue weighted by Gasteiger charge is 2.13. The molecule has 158 valence electrons. The van der Waals surface area contributed by atoms with E-state index in [1.807, 2.05) is 50.2 Å². The van der Waals surface area contributed by atoms with Gasteiger partial charge in [-0.1, -0.05) is 43.8 Å². The average Bonchev–Trinajstić information content (AvgIpc) is 3.04. The molecule has 3 N–H and O–H groups in total. The van der Waals surface area contributed by atoms with Crippen LogP contribution in [0, 0.1) is 13.8 Å². The number of hydrogen-bond donors (Lipinski definition) is 2. The molecule has 0 aliphatic rings. The Bertz CT molecular complexity index is 995. The summed E-state index contributed by atoms with van der Waals surface area (Å²) < 4.78 is 7.15. The van der Waals surface area contributed by atoms with E-state index in [1.54, 1.807) is 0 Å². The number of aryl methyl sites for hydroxylation is 2. The standard InChI is InChI=1S/C22H27N5O2S/c1-14(2)17-5-7-18(8-6-17)24-21(28)13-30-22-26-25-20(27(22)23)12-29-19-10-15(3)9-16(4)11-19/h5-11,14H,12-13,23H2,1-4H3,(H,24,28). The van der Waals surface area contributed by atoms with Crippen LogP contribution >= 0.6 is 11.8 Å². The number of thioether (sulfide) groups is 1. The Hall–Kier alpha value is -3.00. The Kier molecular flexibility index (Phi) is 6.99. The van der Waals surface area contributed by atoms with Crippen LogP contribution in [-0.4, -0.2) is 26.5 Å². The molecule has 0 fully saturated rings. The molecule has 1 amide bonds. The van der Waals surface area contributed by atoms with Gasteiger partial charge in [0.25, 0.3) is 0 Å². The number of rotatable bonds is 8. The number of aromatic nitrogens is 3. The van der Waals surface area contributed by atoms with E-state index in [9.17, 15) is 4.79 Å². The van der Waals surface area contributed by atoms with Crippen molar-refractivity contribution in [2.75, 3.05) is 16.9 Å². The topological polar surface area (TPSA) is 95.1 Å². The lowest BCUT2D eigenvalue weighted by atomic mass is 10.0. The number of amides is 1. The minimum atomic E-state index is -0.131. The van der Waals surface area contributed by atoms with Gasteiger partial charge in [0.15, 0.2) is 5.82 Å². The Labute approximate surface area is 181 Å². The SMILES string of the molecule is Cc1cc(C)cc(OCc2nnc(SCC(=O)Nc3ccc(C(C)C)cc3)n2N)c1. The van der Waals surface area contributed by atoms with E-state index in [0.717, 1.165) is 22.6 Å². The zero-order chi connectivity index (χ0) is 21.7. The average molecular weight is 426 g/mol. The van der Waals surface area contributed by atoms with E-state index in [2.05, 4.69) is 35.4 Å². The van der Waals surface area contributed by atoms with Gasteiger partial charge in [0.05, 0.1) is 5.75 Å². The van der Waals surface area contributed by atoms with Crippen LogP contribution in [0.4, 0.5) is 5.69 Å². The molecular weight excluding hydrogens is 398 g/mol. The van der Waals surface area contributed by atoms with Gasteiger partial charge in [-0.25, -0.2) is 4.68 Å². The number of ether oxygens (including phenoxy) is 1. The zero-order valence-electron chi connectivity index (χ0n) is 17.7. The van der Waals surface area contributed by atoms with Crippen LogP contribution in [0.5, 0.6) is 5.75 Å². The first-order valence-corrected chi connectivity index (χ1v) is 10.7. The van der Waals surface area contributed by atoms with E-state index in [0.29, 0.717) is 16.9 Å². The van der Waals surface area contributed by atoms with Gasteiger partial charge in [-0.05, 0) is 60.7 Å². The lowest BCUT2D eigenvalue weighted by Crippen LogP contribution is -2.18. The van der Waals surface area contributed by atoms with Gasteiger partial charge < -0.3 is 15.9 Å². The quantitative estimate of drug-likeness (QED) is 0.418. The lowest BCUT2D eigenvalue weighted by molar-refractivity contribution is -0.113. The minimum Gasteiger partial charge on any atom is -0.486 e. The maximum Gasteiger partial charge on any atom is 0.234 e. The second-order valence-corrected chi connectivity index (χ2v) is 8.44. The summed E-state index contributed by atoms with van der Waals surface area (Å²) in [6.45, 7) is 8.50. The molecule has 8 heteroatoms. The van der Waals surface area contributed by atoms with Crippen LogP contribution in [0.3, 0.4) is 0 Å². The van der Waals surface area contributed by atoms with Crippen molar-refractivity contribution in [3.63, 3.8) is 0 Å². The molecule has 0 atom stereocenters. The maximum absolute atomic E-state index is 12.2. The van der Waals surface area contributed by atoms with Crippen LogP contribution in [0.1, 0.15) is 42.3 Å². The van der Waals surface area contributed by atoms with Gasteiger partial charge >= 0.3 is 0 Å². The number of nitrogens with two attached hydrogens (primary N) is 1. The van der Waals surface area contributed by atoms with Crippen LogP contribution in [0.2, 0.25) is 0 Å². The fourth-order valence-corrected chi connectivity index (χ4v) is 3.62. The minimum absolute atomic E-state index is 0.131. The number of carbonyl (C=O) groups is 1. The monoisotopic (exact) mass is 425 g/mol. The Morgan fingerprint density at radius 3 is 2.43 bits per heavy atom. The fourth-order valence-electron chi connectivity index (χ4n) is 2.95. The summed E-state index contributed by atoms with van der Waals surface area (Å²) >= 11 is 1.23. The number of anilines is 1.